The molecular formula is C23H26N2O5. The maximum absolute atomic E-state index is 12.5. The number of amides is 2. The van der Waals surface area contributed by atoms with Crippen LogP contribution in [0.4, 0.5) is 11.4 Å². The number of benzene rings is 2. The first-order valence-electron chi connectivity index (χ1n) is 9.95. The topological polar surface area (TPSA) is 84.9 Å². The van der Waals surface area contributed by atoms with Gasteiger partial charge in [-0.2, -0.15) is 0 Å². The van der Waals surface area contributed by atoms with Crippen LogP contribution in [-0.4, -0.2) is 37.5 Å². The van der Waals surface area contributed by atoms with Crippen molar-refractivity contribution in [3.63, 3.8) is 0 Å². The summed E-state index contributed by atoms with van der Waals surface area (Å²) in [5.74, 6) is -1.19. The summed E-state index contributed by atoms with van der Waals surface area (Å²) in [5.41, 5.74) is 3.33. The summed E-state index contributed by atoms with van der Waals surface area (Å²) in [7, 11) is 0. The molecule has 2 aromatic rings. The van der Waals surface area contributed by atoms with Gasteiger partial charge in [-0.1, -0.05) is 29.8 Å². The smallest absolute Gasteiger partial charge is 0.311 e. The van der Waals surface area contributed by atoms with E-state index < -0.39 is 24.4 Å². The van der Waals surface area contributed by atoms with Crippen LogP contribution < -0.4 is 15.0 Å². The number of hydrogen-bond acceptors (Lipinski definition) is 5. The number of carbonyl (C=O) groups excluding carboxylic acids is 3. The van der Waals surface area contributed by atoms with E-state index in [-0.39, 0.29) is 18.9 Å². The highest BCUT2D eigenvalue weighted by Crippen LogP contribution is 2.33. The van der Waals surface area contributed by atoms with Crippen molar-refractivity contribution in [1.29, 1.82) is 0 Å². The number of aryl methyl sites for hydroxylation is 2. The Morgan fingerprint density at radius 1 is 1.17 bits per heavy atom. The molecule has 1 aliphatic rings. The van der Waals surface area contributed by atoms with E-state index >= 15 is 0 Å². The first-order chi connectivity index (χ1) is 14.4. The summed E-state index contributed by atoms with van der Waals surface area (Å²) in [5, 5.41) is 2.74. The zero-order valence-electron chi connectivity index (χ0n) is 17.4. The van der Waals surface area contributed by atoms with Crippen LogP contribution in [0.1, 0.15) is 24.5 Å². The average molecular weight is 410 g/mol. The lowest BCUT2D eigenvalue weighted by Crippen LogP contribution is -2.28. The Balaban J connectivity index is 1.56. The molecule has 0 aromatic heterocycles. The highest BCUT2D eigenvalue weighted by molar-refractivity contribution is 6.01. The molecule has 2 amide bonds. The van der Waals surface area contributed by atoms with Crippen molar-refractivity contribution < 1.29 is 23.9 Å². The van der Waals surface area contributed by atoms with Crippen LogP contribution in [0.5, 0.6) is 5.75 Å². The van der Waals surface area contributed by atoms with Crippen molar-refractivity contribution in [2.45, 2.75) is 27.2 Å². The van der Waals surface area contributed by atoms with Crippen molar-refractivity contribution in [3.8, 4) is 5.75 Å². The van der Waals surface area contributed by atoms with Gasteiger partial charge >= 0.3 is 5.97 Å². The lowest BCUT2D eigenvalue weighted by atomic mass is 10.1. The molecule has 1 fully saturated rings. The van der Waals surface area contributed by atoms with Crippen molar-refractivity contribution in [2.75, 3.05) is 30.0 Å². The Morgan fingerprint density at radius 2 is 1.93 bits per heavy atom. The minimum Gasteiger partial charge on any atom is -0.492 e. The SMILES string of the molecule is CCOc1ccccc1N1C[C@H](C(=O)OCC(=O)Nc2ccc(C)cc2C)CC1=O. The highest BCUT2D eigenvalue weighted by atomic mass is 16.5. The largest absolute Gasteiger partial charge is 0.492 e. The monoisotopic (exact) mass is 410 g/mol. The van der Waals surface area contributed by atoms with Crippen LogP contribution in [0.3, 0.4) is 0 Å². The minimum atomic E-state index is -0.624. The molecule has 7 nitrogen and oxygen atoms in total. The Morgan fingerprint density at radius 3 is 2.67 bits per heavy atom. The summed E-state index contributed by atoms with van der Waals surface area (Å²) in [6.45, 7) is 6.01. The molecule has 1 aliphatic heterocycles. The molecule has 0 bridgehead atoms. The molecule has 1 N–H and O–H groups in total. The van der Waals surface area contributed by atoms with Crippen molar-refractivity contribution >= 4 is 29.2 Å². The van der Waals surface area contributed by atoms with Gasteiger partial charge in [-0.15, -0.1) is 0 Å². The Bertz CT molecular complexity index is 956. The molecule has 2 aromatic carbocycles. The fourth-order valence-electron chi connectivity index (χ4n) is 3.45. The van der Waals surface area contributed by atoms with Gasteiger partial charge in [0, 0.05) is 18.7 Å². The van der Waals surface area contributed by atoms with Crippen molar-refractivity contribution in [2.24, 2.45) is 5.92 Å². The number of nitrogens with one attached hydrogen (secondary N) is 1. The number of nitrogens with zero attached hydrogens (tertiary/aromatic N) is 1. The van der Waals surface area contributed by atoms with Crippen LogP contribution in [-0.2, 0) is 19.1 Å². The predicted molar refractivity (Wildman–Crippen MR) is 114 cm³/mol. The summed E-state index contributed by atoms with van der Waals surface area (Å²) < 4.78 is 10.8. The number of para-hydroxylation sites is 2. The maximum Gasteiger partial charge on any atom is 0.311 e. The minimum absolute atomic E-state index is 0.0397. The maximum atomic E-state index is 12.5. The van der Waals surface area contributed by atoms with E-state index in [1.54, 1.807) is 12.1 Å². The summed E-state index contributed by atoms with van der Waals surface area (Å²) in [6, 6.07) is 12.9. The second-order valence-corrected chi connectivity index (χ2v) is 7.28. The third-order valence-corrected chi connectivity index (χ3v) is 4.92. The molecule has 1 atom stereocenters. The molecule has 0 radical (unpaired) electrons. The van der Waals surface area contributed by atoms with E-state index in [2.05, 4.69) is 5.32 Å². The Hall–Kier alpha value is -3.35. The molecule has 30 heavy (non-hydrogen) atoms. The number of rotatable bonds is 7. The molecule has 0 spiro atoms. The van der Waals surface area contributed by atoms with Gasteiger partial charge in [0.1, 0.15) is 5.75 Å². The van der Waals surface area contributed by atoms with Gasteiger partial charge in [-0.25, -0.2) is 0 Å². The summed E-state index contributed by atoms with van der Waals surface area (Å²) >= 11 is 0. The average Bonchev–Trinajstić information content (AvgIpc) is 3.10. The molecule has 1 saturated heterocycles. The summed E-state index contributed by atoms with van der Waals surface area (Å²) in [4.78, 5) is 38.6. The van der Waals surface area contributed by atoms with E-state index in [0.717, 1.165) is 11.1 Å². The quantitative estimate of drug-likeness (QED) is 0.709. The molecule has 3 rings (SSSR count). The number of ether oxygens (including phenoxy) is 2. The predicted octanol–water partition coefficient (Wildman–Crippen LogP) is 3.24. The van der Waals surface area contributed by atoms with Gasteiger partial charge in [0.15, 0.2) is 6.61 Å². The lowest BCUT2D eigenvalue weighted by Gasteiger charge is -2.20. The van der Waals surface area contributed by atoms with Crippen LogP contribution in [0.2, 0.25) is 0 Å². The summed E-state index contributed by atoms with van der Waals surface area (Å²) in [6.07, 6.45) is 0.0397. The molecule has 158 valence electrons. The Kier molecular flexibility index (Phi) is 6.72. The van der Waals surface area contributed by atoms with Gasteiger partial charge < -0.3 is 19.7 Å². The number of carbonyl (C=O) groups is 3. The van der Waals surface area contributed by atoms with Crippen LogP contribution in [0.25, 0.3) is 0 Å². The van der Waals surface area contributed by atoms with E-state index in [4.69, 9.17) is 9.47 Å². The fourth-order valence-corrected chi connectivity index (χ4v) is 3.45. The molecular weight excluding hydrogens is 384 g/mol. The normalized spacial score (nSPS) is 15.8. The van der Waals surface area contributed by atoms with Gasteiger partial charge in [0.25, 0.3) is 5.91 Å². The molecule has 1 heterocycles. The van der Waals surface area contributed by atoms with Gasteiger partial charge in [0.05, 0.1) is 18.2 Å². The van der Waals surface area contributed by atoms with Crippen LogP contribution in [0.15, 0.2) is 42.5 Å². The van der Waals surface area contributed by atoms with Crippen LogP contribution in [0, 0.1) is 19.8 Å². The Labute approximate surface area is 176 Å². The number of esters is 1. The van der Waals surface area contributed by atoms with Crippen molar-refractivity contribution in [3.05, 3.63) is 53.6 Å². The number of hydrogen-bond donors (Lipinski definition) is 1. The highest BCUT2D eigenvalue weighted by Gasteiger charge is 2.37. The van der Waals surface area contributed by atoms with Crippen molar-refractivity contribution in [1.82, 2.24) is 0 Å². The first-order valence-corrected chi connectivity index (χ1v) is 9.95. The second kappa shape index (κ2) is 9.43. The van der Waals surface area contributed by atoms with Crippen LogP contribution >= 0.6 is 0 Å². The second-order valence-electron chi connectivity index (χ2n) is 7.28. The first kappa shape index (κ1) is 21.4. The van der Waals surface area contributed by atoms with E-state index in [0.29, 0.717) is 23.7 Å². The molecule has 0 saturated carbocycles. The zero-order valence-corrected chi connectivity index (χ0v) is 17.4. The molecule has 0 aliphatic carbocycles. The standard InChI is InChI=1S/C23H26N2O5/c1-4-29-20-8-6-5-7-19(20)25-13-17(12-22(25)27)23(28)30-14-21(26)24-18-10-9-15(2)11-16(18)3/h5-11,17H,4,12-14H2,1-3H3,(H,24,26)/t17-/m1/s1. The van der Waals surface area contributed by atoms with E-state index in [1.807, 2.05) is 51.1 Å². The van der Waals surface area contributed by atoms with E-state index in [1.165, 1.54) is 4.90 Å². The van der Waals surface area contributed by atoms with Gasteiger partial charge in [-0.05, 0) is 44.5 Å². The van der Waals surface area contributed by atoms with E-state index in [9.17, 15) is 14.4 Å². The molecule has 0 unspecified atom stereocenters. The van der Waals surface area contributed by atoms with Gasteiger partial charge in [0.2, 0.25) is 5.91 Å². The number of anilines is 2. The zero-order chi connectivity index (χ0) is 21.7. The molecule has 7 heteroatoms. The third-order valence-electron chi connectivity index (χ3n) is 4.92. The lowest BCUT2D eigenvalue weighted by molar-refractivity contribution is -0.151. The van der Waals surface area contributed by atoms with Gasteiger partial charge in [-0.3, -0.25) is 14.4 Å². The fraction of sp³-hybridized carbons (Fsp3) is 0.348. The third kappa shape index (κ3) is 4.97.